The van der Waals surface area contributed by atoms with Crippen molar-refractivity contribution in [2.24, 2.45) is 0 Å². The minimum absolute atomic E-state index is 0.110. The minimum atomic E-state index is -4.53. The van der Waals surface area contributed by atoms with Crippen molar-refractivity contribution in [2.75, 3.05) is 29.5 Å². The van der Waals surface area contributed by atoms with E-state index in [-0.39, 0.29) is 23.1 Å². The van der Waals surface area contributed by atoms with E-state index >= 15 is 0 Å². The number of halogens is 4. The fourth-order valence-corrected chi connectivity index (χ4v) is 4.52. The van der Waals surface area contributed by atoms with Gasteiger partial charge in [-0.05, 0) is 19.1 Å². The first-order chi connectivity index (χ1) is 13.4. The molecule has 0 spiro atoms. The van der Waals surface area contributed by atoms with Crippen LogP contribution in [0.25, 0.3) is 5.70 Å². The highest BCUT2D eigenvalue weighted by Gasteiger charge is 2.30. The number of thiocarbonyl (C=S) groups is 1. The molecule has 0 bridgehead atoms. The summed E-state index contributed by atoms with van der Waals surface area (Å²) in [5.41, 5.74) is 1.08. The van der Waals surface area contributed by atoms with Gasteiger partial charge in [-0.25, -0.2) is 13.1 Å². The van der Waals surface area contributed by atoms with Crippen molar-refractivity contribution in [1.82, 2.24) is 14.8 Å². The molecule has 0 saturated heterocycles. The van der Waals surface area contributed by atoms with Crippen molar-refractivity contribution in [3.05, 3.63) is 29.7 Å². The van der Waals surface area contributed by atoms with Gasteiger partial charge in [-0.15, -0.1) is 0 Å². The van der Waals surface area contributed by atoms with Crippen LogP contribution in [-0.4, -0.2) is 64.2 Å². The quantitative estimate of drug-likeness (QED) is 0.580. The Morgan fingerprint density at radius 2 is 2.10 bits per heavy atom. The Bertz CT molecular complexity index is 913. The van der Waals surface area contributed by atoms with Crippen molar-refractivity contribution in [1.29, 1.82) is 0 Å². The number of rotatable bonds is 8. The van der Waals surface area contributed by atoms with E-state index in [1.54, 1.807) is 30.2 Å². The molecule has 2 rings (SSSR count). The summed E-state index contributed by atoms with van der Waals surface area (Å²) in [6, 6.07) is 0. The van der Waals surface area contributed by atoms with E-state index in [1.165, 1.54) is 10.9 Å². The van der Waals surface area contributed by atoms with Crippen LogP contribution in [0.3, 0.4) is 0 Å². The SMILES string of the molecule is CCN(C(=S)CCS(=O)(=O)CCC(F)(F)F)c1cn(C2=CC=CN(O)C2)nc1Cl. The summed E-state index contributed by atoms with van der Waals surface area (Å²) in [5, 5.41) is 14.8. The average Bonchev–Trinajstić information content (AvgIpc) is 3.00. The Kier molecular flexibility index (Phi) is 7.71. The third-order valence-electron chi connectivity index (χ3n) is 4.05. The largest absolute Gasteiger partial charge is 0.390 e. The second kappa shape index (κ2) is 9.45. The van der Waals surface area contributed by atoms with Gasteiger partial charge >= 0.3 is 6.18 Å². The maximum Gasteiger partial charge on any atom is 0.390 e. The van der Waals surface area contributed by atoms with Gasteiger partial charge in [0.25, 0.3) is 0 Å². The number of sulfone groups is 1. The van der Waals surface area contributed by atoms with Gasteiger partial charge < -0.3 is 4.90 Å². The summed E-state index contributed by atoms with van der Waals surface area (Å²) in [7, 11) is -3.90. The highest BCUT2D eigenvalue weighted by molar-refractivity contribution is 7.91. The third kappa shape index (κ3) is 6.98. The second-order valence-electron chi connectivity index (χ2n) is 6.25. The molecule has 2 heterocycles. The fraction of sp³-hybridized carbons (Fsp3) is 0.500. The Hall–Kier alpha value is -1.63. The maximum atomic E-state index is 12.3. The van der Waals surface area contributed by atoms with Crippen molar-refractivity contribution >= 4 is 50.0 Å². The maximum absolute atomic E-state index is 12.3. The average molecular weight is 473 g/mol. The predicted molar refractivity (Wildman–Crippen MR) is 109 cm³/mol. The second-order valence-corrected chi connectivity index (χ2v) is 9.38. The van der Waals surface area contributed by atoms with Crippen LogP contribution >= 0.6 is 23.8 Å². The lowest BCUT2D eigenvalue weighted by atomic mass is 10.3. The normalized spacial score (nSPS) is 14.8. The number of alkyl halides is 3. The van der Waals surface area contributed by atoms with Crippen LogP contribution in [0.1, 0.15) is 19.8 Å². The molecule has 0 radical (unpaired) electrons. The molecule has 7 nitrogen and oxygen atoms in total. The number of nitrogens with zero attached hydrogens (tertiary/aromatic N) is 4. The zero-order valence-electron chi connectivity index (χ0n) is 15.4. The summed E-state index contributed by atoms with van der Waals surface area (Å²) in [4.78, 5) is 1.81. The molecule has 1 aliphatic rings. The third-order valence-corrected chi connectivity index (χ3v) is 6.39. The lowest BCUT2D eigenvalue weighted by Gasteiger charge is -2.22. The number of allylic oxidation sites excluding steroid dienone is 2. The number of hydrogen-bond donors (Lipinski definition) is 1. The standard InChI is InChI=1S/C16H20ClF3N4O3S2/c1-2-23(14(28)5-8-29(26,27)9-6-16(18,19)20)13-11-24(21-15(13)17)12-4-3-7-22(25)10-12/h3-4,7,11,25H,2,5-6,8-10H2,1H3. The smallest absolute Gasteiger partial charge is 0.332 e. The zero-order valence-corrected chi connectivity index (χ0v) is 17.8. The van der Waals surface area contributed by atoms with Crippen molar-refractivity contribution in [3.63, 3.8) is 0 Å². The van der Waals surface area contributed by atoms with E-state index in [4.69, 9.17) is 23.8 Å². The van der Waals surface area contributed by atoms with Gasteiger partial charge in [-0.1, -0.05) is 23.8 Å². The molecule has 29 heavy (non-hydrogen) atoms. The fourth-order valence-electron chi connectivity index (χ4n) is 2.58. The number of anilines is 1. The van der Waals surface area contributed by atoms with Crippen LogP contribution < -0.4 is 4.90 Å². The van der Waals surface area contributed by atoms with Gasteiger partial charge in [0.1, 0.15) is 0 Å². The molecule has 1 aromatic rings. The van der Waals surface area contributed by atoms with Crippen LogP contribution in [0.15, 0.2) is 24.5 Å². The van der Waals surface area contributed by atoms with E-state index in [2.05, 4.69) is 5.10 Å². The lowest BCUT2D eigenvalue weighted by Crippen LogP contribution is -2.31. The van der Waals surface area contributed by atoms with Gasteiger partial charge in [-0.2, -0.15) is 18.3 Å². The topological polar surface area (TPSA) is 78.7 Å². The molecule has 1 aromatic heterocycles. The number of hydroxylamine groups is 2. The highest BCUT2D eigenvalue weighted by Crippen LogP contribution is 2.28. The molecule has 0 aromatic carbocycles. The van der Waals surface area contributed by atoms with Gasteiger partial charge in [0.2, 0.25) is 0 Å². The summed E-state index contributed by atoms with van der Waals surface area (Å²) in [6.07, 6.45) is 0.406. The van der Waals surface area contributed by atoms with Gasteiger partial charge in [-0.3, -0.25) is 10.3 Å². The van der Waals surface area contributed by atoms with Crippen molar-refractivity contribution in [2.45, 2.75) is 25.9 Å². The molecule has 0 amide bonds. The van der Waals surface area contributed by atoms with Crippen molar-refractivity contribution in [3.8, 4) is 0 Å². The molecule has 0 atom stereocenters. The van der Waals surface area contributed by atoms with Crippen molar-refractivity contribution < 1.29 is 26.8 Å². The molecule has 0 saturated carbocycles. The van der Waals surface area contributed by atoms with E-state index in [0.717, 1.165) is 5.06 Å². The molecular formula is C16H20ClF3N4O3S2. The van der Waals surface area contributed by atoms with E-state index in [1.807, 2.05) is 0 Å². The Morgan fingerprint density at radius 3 is 2.69 bits per heavy atom. The Balaban J connectivity index is 2.08. The molecule has 1 aliphatic heterocycles. The van der Waals surface area contributed by atoms with Gasteiger partial charge in [0, 0.05) is 19.2 Å². The Morgan fingerprint density at radius 1 is 1.41 bits per heavy atom. The summed E-state index contributed by atoms with van der Waals surface area (Å²) in [6.45, 7) is 2.32. The molecule has 0 unspecified atom stereocenters. The van der Waals surface area contributed by atoms with E-state index in [9.17, 15) is 26.8 Å². The molecule has 0 fully saturated rings. The zero-order chi connectivity index (χ0) is 21.8. The first-order valence-electron chi connectivity index (χ1n) is 8.58. The first kappa shape index (κ1) is 23.6. The van der Waals surface area contributed by atoms with Crippen LogP contribution in [0.4, 0.5) is 18.9 Å². The van der Waals surface area contributed by atoms with Crippen LogP contribution in [0.5, 0.6) is 0 Å². The lowest BCUT2D eigenvalue weighted by molar-refractivity contribution is -0.129. The molecule has 13 heteroatoms. The minimum Gasteiger partial charge on any atom is -0.332 e. The summed E-state index contributed by atoms with van der Waals surface area (Å²) in [5.74, 6) is -1.46. The highest BCUT2D eigenvalue weighted by atomic mass is 35.5. The van der Waals surface area contributed by atoms with Crippen LogP contribution in [0, 0.1) is 0 Å². The monoisotopic (exact) mass is 472 g/mol. The Labute approximate surface area is 176 Å². The molecular weight excluding hydrogens is 453 g/mol. The van der Waals surface area contributed by atoms with E-state index in [0.29, 0.717) is 17.9 Å². The first-order valence-corrected chi connectivity index (χ1v) is 11.2. The molecule has 162 valence electrons. The van der Waals surface area contributed by atoms with Crippen LogP contribution in [-0.2, 0) is 9.84 Å². The molecule has 1 N–H and O–H groups in total. The van der Waals surface area contributed by atoms with Crippen LogP contribution in [0.2, 0.25) is 5.15 Å². The molecule has 0 aliphatic carbocycles. The number of aromatic nitrogens is 2. The van der Waals surface area contributed by atoms with E-state index < -0.39 is 33.9 Å². The van der Waals surface area contributed by atoms with Gasteiger partial charge in [0.15, 0.2) is 15.0 Å². The summed E-state index contributed by atoms with van der Waals surface area (Å²) >= 11 is 11.5. The summed E-state index contributed by atoms with van der Waals surface area (Å²) < 4.78 is 62.0. The number of hydrogen-bond acceptors (Lipinski definition) is 6. The predicted octanol–water partition coefficient (Wildman–Crippen LogP) is 3.51. The van der Waals surface area contributed by atoms with Gasteiger partial charge in [0.05, 0.1) is 47.0 Å².